The smallest absolute Gasteiger partial charge is 0.393 e. The molecule has 4 rings (SSSR count). The van der Waals surface area contributed by atoms with Gasteiger partial charge in [0.15, 0.2) is 0 Å². The van der Waals surface area contributed by atoms with Crippen molar-refractivity contribution in [3.05, 3.63) is 72.1 Å². The highest BCUT2D eigenvalue weighted by molar-refractivity contribution is 5.63. The zero-order valence-electron chi connectivity index (χ0n) is 18.1. The third-order valence-corrected chi connectivity index (χ3v) is 5.10. The Hall–Kier alpha value is -3.46. The number of nitrogens with one attached hydrogen (secondary N) is 1. The number of likely N-dealkylation sites (N-methyl/N-ethyl adjacent to an activating group) is 1. The highest BCUT2D eigenvalue weighted by atomic mass is 19.4. The molecule has 2 aromatic heterocycles. The van der Waals surface area contributed by atoms with E-state index in [4.69, 9.17) is 4.74 Å². The lowest BCUT2D eigenvalue weighted by molar-refractivity contribution is -0.127. The van der Waals surface area contributed by atoms with Crippen molar-refractivity contribution in [3.63, 3.8) is 0 Å². The lowest BCUT2D eigenvalue weighted by atomic mass is 10.0. The van der Waals surface area contributed by atoms with Gasteiger partial charge < -0.3 is 10.1 Å². The molecule has 6 bridgehead atoms. The number of pyridine rings is 1. The lowest BCUT2D eigenvalue weighted by Gasteiger charge is -2.19. The number of hydrogen-bond donors (Lipinski definition) is 1. The molecular formula is C24H24F3N5O. The van der Waals surface area contributed by atoms with Crippen molar-refractivity contribution in [2.75, 3.05) is 25.5 Å². The monoisotopic (exact) mass is 455 g/mol. The summed E-state index contributed by atoms with van der Waals surface area (Å²) in [5, 5.41) is 3.12. The van der Waals surface area contributed by atoms with Crippen molar-refractivity contribution in [1.29, 1.82) is 0 Å². The first-order valence-corrected chi connectivity index (χ1v) is 10.6. The van der Waals surface area contributed by atoms with Crippen LogP contribution in [0.1, 0.15) is 17.5 Å². The van der Waals surface area contributed by atoms with Crippen LogP contribution in [0.15, 0.2) is 60.9 Å². The lowest BCUT2D eigenvalue weighted by Crippen LogP contribution is -2.20. The molecule has 0 unspecified atom stereocenters. The minimum atomic E-state index is -4.28. The Balaban J connectivity index is 1.70. The molecule has 0 aliphatic carbocycles. The summed E-state index contributed by atoms with van der Waals surface area (Å²) in [6, 6.07) is 10.3. The van der Waals surface area contributed by atoms with E-state index in [-0.39, 0.29) is 5.56 Å². The number of fused-ring (bicyclic) bond motifs is 7. The maximum atomic E-state index is 13.1. The van der Waals surface area contributed by atoms with E-state index in [9.17, 15) is 13.2 Å². The molecule has 0 radical (unpaired) electrons. The van der Waals surface area contributed by atoms with Crippen LogP contribution in [0.4, 0.5) is 24.8 Å². The van der Waals surface area contributed by atoms with Crippen molar-refractivity contribution < 1.29 is 17.9 Å². The second-order valence-corrected chi connectivity index (χ2v) is 7.85. The van der Waals surface area contributed by atoms with Gasteiger partial charge in [0.25, 0.3) is 0 Å². The first-order valence-electron chi connectivity index (χ1n) is 10.6. The van der Waals surface area contributed by atoms with E-state index in [2.05, 4.69) is 20.3 Å². The van der Waals surface area contributed by atoms with Crippen molar-refractivity contribution in [2.45, 2.75) is 25.6 Å². The van der Waals surface area contributed by atoms with Crippen LogP contribution in [0.2, 0.25) is 0 Å². The molecule has 3 aromatic rings. The number of benzene rings is 1. The average molecular weight is 455 g/mol. The Labute approximate surface area is 190 Å². The summed E-state index contributed by atoms with van der Waals surface area (Å²) in [5.74, 6) is 0.857. The van der Waals surface area contributed by atoms with Crippen LogP contribution in [0.3, 0.4) is 0 Å². The Morgan fingerprint density at radius 3 is 2.76 bits per heavy atom. The Kier molecular flexibility index (Phi) is 6.88. The van der Waals surface area contributed by atoms with Crippen LogP contribution < -0.4 is 10.1 Å². The molecule has 172 valence electrons. The van der Waals surface area contributed by atoms with Gasteiger partial charge in [-0.2, -0.15) is 13.2 Å². The van der Waals surface area contributed by atoms with Gasteiger partial charge >= 0.3 is 6.18 Å². The van der Waals surface area contributed by atoms with Gasteiger partial charge in [0.05, 0.1) is 18.7 Å². The van der Waals surface area contributed by atoms with Gasteiger partial charge in [0.1, 0.15) is 0 Å². The summed E-state index contributed by atoms with van der Waals surface area (Å²) in [5.41, 5.74) is 2.98. The van der Waals surface area contributed by atoms with Crippen molar-refractivity contribution in [3.8, 4) is 17.1 Å². The summed E-state index contributed by atoms with van der Waals surface area (Å²) >= 11 is 0. The number of anilines is 2. The van der Waals surface area contributed by atoms with Crippen molar-refractivity contribution in [2.24, 2.45) is 0 Å². The maximum Gasteiger partial charge on any atom is 0.393 e. The minimum absolute atomic E-state index is 0.255. The molecule has 3 heterocycles. The average Bonchev–Trinajstić information content (AvgIpc) is 2.77. The van der Waals surface area contributed by atoms with Crippen LogP contribution >= 0.6 is 0 Å². The molecule has 0 saturated heterocycles. The topological polar surface area (TPSA) is 63.2 Å². The van der Waals surface area contributed by atoms with Crippen LogP contribution in [0.5, 0.6) is 5.88 Å². The fourth-order valence-electron chi connectivity index (χ4n) is 3.55. The molecule has 33 heavy (non-hydrogen) atoms. The molecule has 1 aliphatic rings. The molecule has 0 fully saturated rings. The zero-order valence-corrected chi connectivity index (χ0v) is 18.1. The third kappa shape index (κ3) is 6.52. The molecular weight excluding hydrogens is 431 g/mol. The molecule has 1 N–H and O–H groups in total. The minimum Gasteiger partial charge on any atom is -0.477 e. The summed E-state index contributed by atoms with van der Waals surface area (Å²) in [6.07, 6.45) is 2.71. The number of nitrogens with zero attached hydrogens (tertiary/aromatic N) is 4. The highest BCUT2D eigenvalue weighted by Gasteiger charge is 2.29. The van der Waals surface area contributed by atoms with Crippen LogP contribution in [-0.4, -0.2) is 46.2 Å². The van der Waals surface area contributed by atoms with E-state index >= 15 is 0 Å². The van der Waals surface area contributed by atoms with Crippen molar-refractivity contribution in [1.82, 2.24) is 19.9 Å². The third-order valence-electron chi connectivity index (χ3n) is 5.10. The Morgan fingerprint density at radius 2 is 1.91 bits per heavy atom. The Bertz CT molecular complexity index is 1130. The summed E-state index contributed by atoms with van der Waals surface area (Å²) in [7, 11) is 1.87. The van der Waals surface area contributed by atoms with Gasteiger partial charge in [0, 0.05) is 42.8 Å². The SMILES string of the molecule is CN1C/C=C\CCOc2cc(ccn2)-c2ccnc(n2)Nc2ccc(CC(F)(F)F)c(c2)C1. The van der Waals surface area contributed by atoms with E-state index < -0.39 is 12.6 Å². The maximum absolute atomic E-state index is 13.1. The molecule has 0 spiro atoms. The van der Waals surface area contributed by atoms with Gasteiger partial charge in [-0.1, -0.05) is 18.2 Å². The largest absolute Gasteiger partial charge is 0.477 e. The summed E-state index contributed by atoms with van der Waals surface area (Å²) < 4.78 is 45.1. The Morgan fingerprint density at radius 1 is 1.06 bits per heavy atom. The fourth-order valence-corrected chi connectivity index (χ4v) is 3.55. The van der Waals surface area contributed by atoms with Gasteiger partial charge in [-0.05, 0) is 48.9 Å². The number of aromatic nitrogens is 3. The van der Waals surface area contributed by atoms with Crippen LogP contribution in [0.25, 0.3) is 11.3 Å². The first-order chi connectivity index (χ1) is 15.9. The summed E-state index contributed by atoms with van der Waals surface area (Å²) in [4.78, 5) is 15.0. The van der Waals surface area contributed by atoms with Gasteiger partial charge in [-0.25, -0.2) is 15.0 Å². The van der Waals surface area contributed by atoms with Gasteiger partial charge in [-0.3, -0.25) is 4.90 Å². The normalized spacial score (nSPS) is 16.1. The number of rotatable bonds is 1. The van der Waals surface area contributed by atoms with Crippen LogP contribution in [-0.2, 0) is 13.0 Å². The van der Waals surface area contributed by atoms with Crippen LogP contribution in [0, 0.1) is 0 Å². The number of halogens is 3. The molecule has 0 amide bonds. The molecule has 9 heteroatoms. The standard InChI is InChI=1S/C24H24F3N5O/c1-32-11-3-2-4-12-33-22-14-17(7-9-28-22)21-8-10-29-23(31-21)30-20-6-5-18(15-24(25,26)27)19(13-20)16-32/h2-3,5-10,13-14H,4,11-12,15-16H2,1H3,(H,29,30,31)/b3-2-. The molecule has 0 saturated carbocycles. The van der Waals surface area contributed by atoms with Crippen molar-refractivity contribution >= 4 is 11.6 Å². The second-order valence-electron chi connectivity index (χ2n) is 7.85. The fraction of sp³-hybridized carbons (Fsp3) is 0.292. The van der Waals surface area contributed by atoms with E-state index in [1.165, 1.54) is 6.07 Å². The summed E-state index contributed by atoms with van der Waals surface area (Å²) in [6.45, 7) is 1.43. The van der Waals surface area contributed by atoms with Gasteiger partial charge in [-0.15, -0.1) is 0 Å². The zero-order chi connectivity index (χ0) is 23.3. The predicted molar refractivity (Wildman–Crippen MR) is 120 cm³/mol. The second kappa shape index (κ2) is 9.99. The highest BCUT2D eigenvalue weighted by Crippen LogP contribution is 2.28. The van der Waals surface area contributed by atoms with E-state index in [0.29, 0.717) is 54.9 Å². The number of alkyl halides is 3. The molecule has 6 nitrogen and oxygen atoms in total. The predicted octanol–water partition coefficient (Wildman–Crippen LogP) is 5.16. The van der Waals surface area contributed by atoms with Gasteiger partial charge in [0.2, 0.25) is 11.8 Å². The first kappa shape index (κ1) is 22.7. The number of ether oxygens (including phenoxy) is 1. The molecule has 1 aromatic carbocycles. The molecule has 0 atom stereocenters. The quantitative estimate of drug-likeness (QED) is 0.512. The molecule has 1 aliphatic heterocycles. The van der Waals surface area contributed by atoms with E-state index in [0.717, 1.165) is 5.56 Å². The van der Waals surface area contributed by atoms with E-state index in [1.54, 1.807) is 30.6 Å². The number of hydrogen-bond acceptors (Lipinski definition) is 6. The van der Waals surface area contributed by atoms with E-state index in [1.807, 2.05) is 36.2 Å².